The smallest absolute Gasteiger partial charge is 0.251 e. The van der Waals surface area contributed by atoms with Gasteiger partial charge >= 0.3 is 0 Å². The fraction of sp³-hybridized carbons (Fsp3) is 0.486. The number of carbonyl (C=O) groups is 1. The molecule has 0 unspecified atom stereocenters. The molecule has 0 saturated heterocycles. The molecule has 12 heteroatoms. The van der Waals surface area contributed by atoms with E-state index in [2.05, 4.69) is 42.3 Å². The van der Waals surface area contributed by atoms with Gasteiger partial charge in [-0.2, -0.15) is 15.0 Å². The van der Waals surface area contributed by atoms with E-state index in [-0.39, 0.29) is 5.91 Å². The monoisotopic (exact) mass is 644 g/mol. The molecule has 5 rings (SSSR count). The second kappa shape index (κ2) is 18.7. The van der Waals surface area contributed by atoms with Gasteiger partial charge < -0.3 is 40.5 Å². The van der Waals surface area contributed by atoms with E-state index < -0.39 is 0 Å². The van der Waals surface area contributed by atoms with Crippen LogP contribution in [0.4, 0.5) is 17.8 Å². The first-order valence-electron chi connectivity index (χ1n) is 16.8. The normalized spacial score (nSPS) is 13.9. The Morgan fingerprint density at radius 2 is 1.49 bits per heavy atom. The van der Waals surface area contributed by atoms with E-state index in [9.17, 15) is 4.79 Å². The molecule has 2 heterocycles. The van der Waals surface area contributed by atoms with Crippen molar-refractivity contribution in [3.63, 3.8) is 0 Å². The molecule has 2 aromatic carbocycles. The number of aromatic nitrogens is 4. The Hall–Kier alpha value is -4.42. The minimum atomic E-state index is -0.105. The number of carbonyl (C=O) groups excluding carboxylic acids is 1. The molecule has 0 radical (unpaired) electrons. The third kappa shape index (κ3) is 11.1. The topological polar surface area (TPSA) is 147 Å². The Morgan fingerprint density at radius 3 is 2.23 bits per heavy atom. The lowest BCUT2D eigenvalue weighted by molar-refractivity contribution is 0.0519. The first-order valence-corrected chi connectivity index (χ1v) is 16.8. The van der Waals surface area contributed by atoms with Crippen LogP contribution in [0.3, 0.4) is 0 Å². The Morgan fingerprint density at radius 1 is 0.809 bits per heavy atom. The standard InChI is InChI=1S/C35H48N8O4/c1-45-29-14-15-31-30(24-29)27(25-39-31)16-17-37-33-41-34(43-35(42-33)40-28-12-8-3-2-4-9-13-28)38-19-21-47-23-22-46-20-18-36-32(44)26-10-6-5-7-11-26/h5-7,10-11,14-15,24-25,28,39H,2-4,8-9,12-13,16-23H2,1H3,(H,36,44)(H3,37,38,40,41,42,43). The highest BCUT2D eigenvalue weighted by Gasteiger charge is 2.15. The number of hydrogen-bond acceptors (Lipinski definition) is 10. The van der Waals surface area contributed by atoms with E-state index in [0.717, 1.165) is 35.9 Å². The summed E-state index contributed by atoms with van der Waals surface area (Å²) < 4.78 is 16.7. The van der Waals surface area contributed by atoms with Crippen LogP contribution in [0.2, 0.25) is 0 Å². The van der Waals surface area contributed by atoms with Crippen LogP contribution in [0, 0.1) is 0 Å². The average molecular weight is 645 g/mol. The summed E-state index contributed by atoms with van der Waals surface area (Å²) in [6.45, 7) is 3.43. The summed E-state index contributed by atoms with van der Waals surface area (Å²) in [5.74, 6) is 2.35. The Kier molecular flexibility index (Phi) is 13.5. The molecule has 1 fully saturated rings. The van der Waals surface area contributed by atoms with Crippen molar-refractivity contribution in [2.75, 3.05) is 69.1 Å². The highest BCUT2D eigenvalue weighted by atomic mass is 16.5. The molecule has 0 atom stereocenters. The quantitative estimate of drug-likeness (QED) is 0.0890. The van der Waals surface area contributed by atoms with Gasteiger partial charge in [0.1, 0.15) is 5.75 Å². The number of ether oxygens (including phenoxy) is 3. The van der Waals surface area contributed by atoms with Crippen LogP contribution in [0.1, 0.15) is 60.9 Å². The van der Waals surface area contributed by atoms with Gasteiger partial charge in [0.15, 0.2) is 0 Å². The zero-order valence-electron chi connectivity index (χ0n) is 27.4. The van der Waals surface area contributed by atoms with Gasteiger partial charge in [-0.3, -0.25) is 4.79 Å². The number of fused-ring (bicyclic) bond motifs is 1. The number of anilines is 3. The van der Waals surface area contributed by atoms with Gasteiger partial charge in [0.2, 0.25) is 17.8 Å². The molecule has 0 aliphatic heterocycles. The minimum absolute atomic E-state index is 0.105. The molecule has 2 aromatic heterocycles. The Bertz CT molecular complexity index is 1510. The highest BCUT2D eigenvalue weighted by molar-refractivity contribution is 5.94. The zero-order chi connectivity index (χ0) is 32.5. The molecule has 4 aromatic rings. The number of methoxy groups -OCH3 is 1. The van der Waals surface area contributed by atoms with Crippen LogP contribution in [0.15, 0.2) is 54.7 Å². The molecule has 5 N–H and O–H groups in total. The summed E-state index contributed by atoms with van der Waals surface area (Å²) in [6.07, 6.45) is 11.4. The highest BCUT2D eigenvalue weighted by Crippen LogP contribution is 2.24. The van der Waals surface area contributed by atoms with Crippen LogP contribution in [-0.4, -0.2) is 85.1 Å². The summed E-state index contributed by atoms with van der Waals surface area (Å²) >= 11 is 0. The minimum Gasteiger partial charge on any atom is -0.497 e. The molecule has 252 valence electrons. The molecule has 47 heavy (non-hydrogen) atoms. The largest absolute Gasteiger partial charge is 0.497 e. The van der Waals surface area contributed by atoms with Crippen molar-refractivity contribution in [1.82, 2.24) is 25.3 Å². The van der Waals surface area contributed by atoms with Gasteiger partial charge in [-0.15, -0.1) is 0 Å². The number of rotatable bonds is 18. The summed E-state index contributed by atoms with van der Waals surface area (Å²) in [5.41, 5.74) is 2.92. The Balaban J connectivity index is 1.07. The fourth-order valence-corrected chi connectivity index (χ4v) is 5.67. The van der Waals surface area contributed by atoms with Crippen LogP contribution in [-0.2, 0) is 15.9 Å². The van der Waals surface area contributed by atoms with Crippen molar-refractivity contribution >= 4 is 34.7 Å². The van der Waals surface area contributed by atoms with Crippen molar-refractivity contribution < 1.29 is 19.0 Å². The van der Waals surface area contributed by atoms with E-state index in [0.29, 0.717) is 75.5 Å². The lowest BCUT2D eigenvalue weighted by Gasteiger charge is -2.21. The lowest BCUT2D eigenvalue weighted by Crippen LogP contribution is -2.27. The van der Waals surface area contributed by atoms with Crippen LogP contribution in [0.5, 0.6) is 5.75 Å². The van der Waals surface area contributed by atoms with E-state index in [1.165, 1.54) is 37.7 Å². The number of benzene rings is 2. The third-order valence-electron chi connectivity index (χ3n) is 8.20. The Labute approximate surface area is 276 Å². The van der Waals surface area contributed by atoms with Gasteiger partial charge in [0, 0.05) is 48.3 Å². The van der Waals surface area contributed by atoms with Gasteiger partial charge in [0.25, 0.3) is 5.91 Å². The summed E-state index contributed by atoms with van der Waals surface area (Å²) in [7, 11) is 1.68. The second-order valence-corrected chi connectivity index (χ2v) is 11.7. The number of H-pyrrole nitrogens is 1. The molecule has 0 bridgehead atoms. The lowest BCUT2D eigenvalue weighted by atomic mass is 9.97. The van der Waals surface area contributed by atoms with Crippen molar-refractivity contribution in [3.05, 3.63) is 65.9 Å². The van der Waals surface area contributed by atoms with E-state index >= 15 is 0 Å². The second-order valence-electron chi connectivity index (χ2n) is 11.7. The zero-order valence-corrected chi connectivity index (χ0v) is 27.4. The van der Waals surface area contributed by atoms with E-state index in [1.807, 2.05) is 36.5 Å². The molecular weight excluding hydrogens is 596 g/mol. The summed E-state index contributed by atoms with van der Waals surface area (Å²) in [4.78, 5) is 29.5. The summed E-state index contributed by atoms with van der Waals surface area (Å²) in [5, 5.41) is 14.3. The average Bonchev–Trinajstić information content (AvgIpc) is 3.49. The van der Waals surface area contributed by atoms with Crippen molar-refractivity contribution in [3.8, 4) is 5.75 Å². The molecule has 12 nitrogen and oxygen atoms in total. The van der Waals surface area contributed by atoms with Crippen molar-refractivity contribution in [2.24, 2.45) is 0 Å². The predicted octanol–water partition coefficient (Wildman–Crippen LogP) is 5.42. The third-order valence-corrected chi connectivity index (χ3v) is 8.20. The maximum absolute atomic E-state index is 12.1. The molecule has 0 spiro atoms. The van der Waals surface area contributed by atoms with Crippen LogP contribution < -0.4 is 26.0 Å². The van der Waals surface area contributed by atoms with Gasteiger partial charge in [-0.05, 0) is 55.2 Å². The number of nitrogens with one attached hydrogen (secondary N) is 5. The number of hydrogen-bond donors (Lipinski definition) is 5. The predicted molar refractivity (Wildman–Crippen MR) is 186 cm³/mol. The molecule has 1 saturated carbocycles. The fourth-order valence-electron chi connectivity index (χ4n) is 5.67. The molecule has 1 aliphatic carbocycles. The van der Waals surface area contributed by atoms with Gasteiger partial charge in [0.05, 0.1) is 33.5 Å². The molecule has 1 amide bonds. The number of aromatic amines is 1. The van der Waals surface area contributed by atoms with Crippen molar-refractivity contribution in [1.29, 1.82) is 0 Å². The number of nitrogens with zero attached hydrogens (tertiary/aromatic N) is 3. The summed E-state index contributed by atoms with van der Waals surface area (Å²) in [6, 6.07) is 15.5. The van der Waals surface area contributed by atoms with Crippen LogP contribution >= 0.6 is 0 Å². The SMILES string of the molecule is COc1ccc2[nH]cc(CCNc3nc(NCCOCCOCCNC(=O)c4ccccc4)nc(NC4CCCCCCC4)n3)c2c1. The first-order chi connectivity index (χ1) is 23.2. The van der Waals surface area contributed by atoms with Gasteiger partial charge in [-0.1, -0.05) is 50.3 Å². The van der Waals surface area contributed by atoms with E-state index in [1.54, 1.807) is 19.2 Å². The first kappa shape index (κ1) is 33.9. The van der Waals surface area contributed by atoms with E-state index in [4.69, 9.17) is 19.2 Å². The molecular formula is C35H48N8O4. The van der Waals surface area contributed by atoms with Crippen molar-refractivity contribution in [2.45, 2.75) is 57.4 Å². The van der Waals surface area contributed by atoms with Gasteiger partial charge in [-0.25, -0.2) is 0 Å². The maximum atomic E-state index is 12.1. The van der Waals surface area contributed by atoms with Crippen LogP contribution in [0.25, 0.3) is 10.9 Å². The molecule has 1 aliphatic rings. The number of amides is 1. The maximum Gasteiger partial charge on any atom is 0.251 e.